The van der Waals surface area contributed by atoms with E-state index in [2.05, 4.69) is 29.8 Å². The van der Waals surface area contributed by atoms with E-state index in [1.165, 1.54) is 15.6 Å². The van der Waals surface area contributed by atoms with Crippen molar-refractivity contribution in [2.45, 2.75) is 13.8 Å². The number of carbonyl (C=O) groups is 1. The SMILES string of the molecule is CCOC(=O)CNc1ccc2scc(C)c2c1. The lowest BCUT2D eigenvalue weighted by molar-refractivity contribution is -0.140. The first-order valence-corrected chi connectivity index (χ1v) is 6.46. The molecule has 0 amide bonds. The lowest BCUT2D eigenvalue weighted by atomic mass is 10.2. The molecule has 1 aromatic heterocycles. The molecule has 0 aliphatic carbocycles. The van der Waals surface area contributed by atoms with E-state index in [1.807, 2.05) is 6.07 Å². The molecule has 0 bridgehead atoms. The summed E-state index contributed by atoms with van der Waals surface area (Å²) in [5.41, 5.74) is 2.22. The van der Waals surface area contributed by atoms with Gasteiger partial charge in [-0.3, -0.25) is 4.79 Å². The van der Waals surface area contributed by atoms with Gasteiger partial charge in [0.05, 0.1) is 6.61 Å². The molecule has 90 valence electrons. The summed E-state index contributed by atoms with van der Waals surface area (Å²) in [6, 6.07) is 6.12. The Hall–Kier alpha value is -1.55. The van der Waals surface area contributed by atoms with Crippen LogP contribution in [-0.4, -0.2) is 19.1 Å². The number of esters is 1. The van der Waals surface area contributed by atoms with E-state index in [4.69, 9.17) is 4.74 Å². The van der Waals surface area contributed by atoms with Gasteiger partial charge in [-0.2, -0.15) is 0 Å². The van der Waals surface area contributed by atoms with Crippen molar-refractivity contribution in [1.29, 1.82) is 0 Å². The number of fused-ring (bicyclic) bond motifs is 1. The Morgan fingerprint density at radius 3 is 3.06 bits per heavy atom. The maximum atomic E-state index is 11.2. The molecule has 3 nitrogen and oxygen atoms in total. The average Bonchev–Trinajstić information content (AvgIpc) is 2.69. The van der Waals surface area contributed by atoms with Gasteiger partial charge in [-0.25, -0.2) is 0 Å². The Balaban J connectivity index is 2.08. The van der Waals surface area contributed by atoms with E-state index in [0.717, 1.165) is 5.69 Å². The van der Waals surface area contributed by atoms with Gasteiger partial charge < -0.3 is 10.1 Å². The topological polar surface area (TPSA) is 38.3 Å². The number of nitrogens with one attached hydrogen (secondary N) is 1. The molecule has 0 saturated heterocycles. The number of thiophene rings is 1. The van der Waals surface area contributed by atoms with Crippen molar-refractivity contribution in [3.8, 4) is 0 Å². The minimum Gasteiger partial charge on any atom is -0.465 e. The molecule has 1 heterocycles. The van der Waals surface area contributed by atoms with Gasteiger partial charge in [-0.05, 0) is 48.4 Å². The van der Waals surface area contributed by atoms with Gasteiger partial charge >= 0.3 is 5.97 Å². The number of aryl methyl sites for hydroxylation is 1. The van der Waals surface area contributed by atoms with Crippen LogP contribution in [0.15, 0.2) is 23.6 Å². The molecule has 1 aromatic carbocycles. The Labute approximate surface area is 104 Å². The highest BCUT2D eigenvalue weighted by molar-refractivity contribution is 7.17. The van der Waals surface area contributed by atoms with E-state index in [0.29, 0.717) is 6.61 Å². The average molecular weight is 249 g/mol. The zero-order chi connectivity index (χ0) is 12.3. The largest absolute Gasteiger partial charge is 0.465 e. The maximum absolute atomic E-state index is 11.2. The highest BCUT2D eigenvalue weighted by Gasteiger charge is 2.04. The zero-order valence-corrected chi connectivity index (χ0v) is 10.8. The van der Waals surface area contributed by atoms with Crippen molar-refractivity contribution in [3.05, 3.63) is 29.1 Å². The van der Waals surface area contributed by atoms with E-state index in [9.17, 15) is 4.79 Å². The van der Waals surface area contributed by atoms with Crippen LogP contribution in [0.4, 0.5) is 5.69 Å². The first-order valence-electron chi connectivity index (χ1n) is 5.58. The summed E-state index contributed by atoms with van der Waals surface area (Å²) in [5.74, 6) is -0.227. The molecule has 0 aliphatic rings. The molecule has 0 aliphatic heterocycles. The summed E-state index contributed by atoms with van der Waals surface area (Å²) in [7, 11) is 0. The highest BCUT2D eigenvalue weighted by Crippen LogP contribution is 2.27. The predicted molar refractivity (Wildman–Crippen MR) is 71.7 cm³/mol. The molecule has 0 spiro atoms. The Bertz CT molecular complexity index is 533. The van der Waals surface area contributed by atoms with Crippen molar-refractivity contribution in [2.75, 3.05) is 18.5 Å². The van der Waals surface area contributed by atoms with Crippen LogP contribution in [0.2, 0.25) is 0 Å². The van der Waals surface area contributed by atoms with E-state index in [-0.39, 0.29) is 12.5 Å². The van der Waals surface area contributed by atoms with Crippen LogP contribution in [0.5, 0.6) is 0 Å². The fourth-order valence-corrected chi connectivity index (χ4v) is 2.58. The second kappa shape index (κ2) is 5.19. The second-order valence-corrected chi connectivity index (χ2v) is 4.70. The molecule has 0 atom stereocenters. The van der Waals surface area contributed by atoms with Crippen LogP contribution in [0.1, 0.15) is 12.5 Å². The van der Waals surface area contributed by atoms with Gasteiger partial charge in [0.15, 0.2) is 0 Å². The minimum atomic E-state index is -0.227. The van der Waals surface area contributed by atoms with Crippen LogP contribution in [-0.2, 0) is 9.53 Å². The molecule has 2 aromatic rings. The molecule has 2 rings (SSSR count). The van der Waals surface area contributed by atoms with Crippen molar-refractivity contribution >= 4 is 33.1 Å². The molecule has 0 radical (unpaired) electrons. The van der Waals surface area contributed by atoms with E-state index in [1.54, 1.807) is 18.3 Å². The predicted octanol–water partition coefficient (Wildman–Crippen LogP) is 3.18. The standard InChI is InChI=1S/C13H15NO2S/c1-3-16-13(15)7-14-10-4-5-12-11(6-10)9(2)8-17-12/h4-6,8,14H,3,7H2,1-2H3. The number of rotatable bonds is 4. The zero-order valence-electron chi connectivity index (χ0n) is 9.95. The minimum absolute atomic E-state index is 0.211. The van der Waals surface area contributed by atoms with E-state index < -0.39 is 0 Å². The van der Waals surface area contributed by atoms with Gasteiger partial charge in [0.25, 0.3) is 0 Å². The summed E-state index contributed by atoms with van der Waals surface area (Å²) in [6.45, 7) is 4.53. The van der Waals surface area contributed by atoms with Crippen LogP contribution in [0, 0.1) is 6.92 Å². The third kappa shape index (κ3) is 2.77. The van der Waals surface area contributed by atoms with Crippen molar-refractivity contribution in [3.63, 3.8) is 0 Å². The van der Waals surface area contributed by atoms with Crippen molar-refractivity contribution in [1.82, 2.24) is 0 Å². The molecule has 1 N–H and O–H groups in total. The number of anilines is 1. The molecule has 0 fully saturated rings. The van der Waals surface area contributed by atoms with Crippen molar-refractivity contribution < 1.29 is 9.53 Å². The van der Waals surface area contributed by atoms with Crippen LogP contribution in [0.25, 0.3) is 10.1 Å². The summed E-state index contributed by atoms with van der Waals surface area (Å²) in [5, 5.41) is 6.45. The molecule has 17 heavy (non-hydrogen) atoms. The second-order valence-electron chi connectivity index (χ2n) is 3.79. The lowest BCUT2D eigenvalue weighted by Gasteiger charge is -2.06. The van der Waals surface area contributed by atoms with E-state index >= 15 is 0 Å². The Morgan fingerprint density at radius 2 is 2.29 bits per heavy atom. The number of hydrogen-bond donors (Lipinski definition) is 1. The number of hydrogen-bond acceptors (Lipinski definition) is 4. The van der Waals surface area contributed by atoms with Gasteiger partial charge in [0.2, 0.25) is 0 Å². The van der Waals surface area contributed by atoms with Gasteiger partial charge in [0.1, 0.15) is 6.54 Å². The summed E-state index contributed by atoms with van der Waals surface area (Å²) < 4.78 is 6.13. The van der Waals surface area contributed by atoms with Gasteiger partial charge in [-0.1, -0.05) is 0 Å². The normalized spacial score (nSPS) is 10.5. The monoisotopic (exact) mass is 249 g/mol. The van der Waals surface area contributed by atoms with Crippen LogP contribution < -0.4 is 5.32 Å². The molecule has 4 heteroatoms. The van der Waals surface area contributed by atoms with Crippen LogP contribution >= 0.6 is 11.3 Å². The fraction of sp³-hybridized carbons (Fsp3) is 0.308. The third-order valence-electron chi connectivity index (χ3n) is 2.51. The summed E-state index contributed by atoms with van der Waals surface area (Å²) >= 11 is 1.74. The summed E-state index contributed by atoms with van der Waals surface area (Å²) in [6.07, 6.45) is 0. The summed E-state index contributed by atoms with van der Waals surface area (Å²) in [4.78, 5) is 11.2. The fourth-order valence-electron chi connectivity index (χ4n) is 1.65. The van der Waals surface area contributed by atoms with Crippen LogP contribution in [0.3, 0.4) is 0 Å². The van der Waals surface area contributed by atoms with Gasteiger partial charge in [-0.15, -0.1) is 11.3 Å². The maximum Gasteiger partial charge on any atom is 0.325 e. The quantitative estimate of drug-likeness (QED) is 0.846. The van der Waals surface area contributed by atoms with Crippen molar-refractivity contribution in [2.24, 2.45) is 0 Å². The number of benzene rings is 1. The molecule has 0 saturated carbocycles. The Kier molecular flexibility index (Phi) is 3.64. The number of carbonyl (C=O) groups excluding carboxylic acids is 1. The van der Waals surface area contributed by atoms with Gasteiger partial charge in [0, 0.05) is 10.4 Å². The molecule has 0 unspecified atom stereocenters. The lowest BCUT2D eigenvalue weighted by Crippen LogP contribution is -2.16. The Morgan fingerprint density at radius 1 is 1.47 bits per heavy atom. The molecular formula is C13H15NO2S. The smallest absolute Gasteiger partial charge is 0.325 e. The molecular weight excluding hydrogens is 234 g/mol. The number of ether oxygens (including phenoxy) is 1. The first kappa shape index (κ1) is 11.9. The third-order valence-corrected chi connectivity index (χ3v) is 3.59. The first-order chi connectivity index (χ1) is 8.20. The highest BCUT2D eigenvalue weighted by atomic mass is 32.1.